The van der Waals surface area contributed by atoms with E-state index in [9.17, 15) is 0 Å². The molecule has 3 rings (SSSR count). The Morgan fingerprint density at radius 3 is 2.78 bits per heavy atom. The van der Waals surface area contributed by atoms with Crippen molar-refractivity contribution in [2.24, 2.45) is 0 Å². The summed E-state index contributed by atoms with van der Waals surface area (Å²) < 4.78 is 16.2. The molecule has 0 unspecified atom stereocenters. The van der Waals surface area contributed by atoms with Crippen molar-refractivity contribution >= 4 is 5.69 Å². The Balaban J connectivity index is 1.72. The summed E-state index contributed by atoms with van der Waals surface area (Å²) >= 11 is 0. The second-order valence-electron chi connectivity index (χ2n) is 4.00. The van der Waals surface area contributed by atoms with E-state index < -0.39 is 0 Å². The number of rotatable bonds is 3. The molecule has 0 saturated heterocycles. The monoisotopic (exact) mass is 243 g/mol. The van der Waals surface area contributed by atoms with Crippen LogP contribution in [0.3, 0.4) is 0 Å². The largest absolute Gasteiger partial charge is 0.489 e. The number of ether oxygens (including phenoxy) is 3. The third-order valence-electron chi connectivity index (χ3n) is 2.79. The van der Waals surface area contributed by atoms with Gasteiger partial charge in [-0.2, -0.15) is 0 Å². The number of fused-ring (bicyclic) bond motifs is 1. The maximum Gasteiger partial charge on any atom is 0.231 e. The molecule has 18 heavy (non-hydrogen) atoms. The van der Waals surface area contributed by atoms with Crippen LogP contribution < -0.4 is 19.9 Å². The molecule has 1 aliphatic heterocycles. The Morgan fingerprint density at radius 2 is 1.89 bits per heavy atom. The minimum atomic E-state index is 0.268. The molecule has 0 spiro atoms. The van der Waals surface area contributed by atoms with Crippen molar-refractivity contribution in [3.8, 4) is 17.2 Å². The molecule has 1 aliphatic rings. The van der Waals surface area contributed by atoms with Crippen LogP contribution in [0, 0.1) is 0 Å². The Hall–Kier alpha value is -2.36. The van der Waals surface area contributed by atoms with Crippen LogP contribution in [0.25, 0.3) is 0 Å². The lowest BCUT2D eigenvalue weighted by Gasteiger charge is -2.08. The standard InChI is InChI=1S/C14H13NO3/c15-12-4-2-1-3-10(12)8-16-11-5-6-13-14(7-11)18-9-17-13/h1-7H,8-9,15H2. The normalized spacial score (nSPS) is 12.4. The summed E-state index contributed by atoms with van der Waals surface area (Å²) in [4.78, 5) is 0. The van der Waals surface area contributed by atoms with Crippen LogP contribution in [0.2, 0.25) is 0 Å². The van der Waals surface area contributed by atoms with Crippen LogP contribution in [0.4, 0.5) is 5.69 Å². The molecule has 0 aliphatic carbocycles. The summed E-state index contributed by atoms with van der Waals surface area (Å²) in [6, 6.07) is 13.2. The highest BCUT2D eigenvalue weighted by Gasteiger charge is 2.13. The van der Waals surface area contributed by atoms with Gasteiger partial charge < -0.3 is 19.9 Å². The predicted octanol–water partition coefficient (Wildman–Crippen LogP) is 2.58. The molecule has 0 radical (unpaired) electrons. The molecule has 0 atom stereocenters. The lowest BCUT2D eigenvalue weighted by atomic mass is 10.2. The number of hydrogen-bond donors (Lipinski definition) is 1. The summed E-state index contributed by atoms with van der Waals surface area (Å²) in [6.07, 6.45) is 0. The van der Waals surface area contributed by atoms with E-state index in [1.165, 1.54) is 0 Å². The quantitative estimate of drug-likeness (QED) is 0.842. The molecule has 1 heterocycles. The fourth-order valence-electron chi connectivity index (χ4n) is 1.79. The maximum absolute atomic E-state index is 5.85. The van der Waals surface area contributed by atoms with Gasteiger partial charge in [0, 0.05) is 17.3 Å². The summed E-state index contributed by atoms with van der Waals surface area (Å²) in [6.45, 7) is 0.705. The lowest BCUT2D eigenvalue weighted by molar-refractivity contribution is 0.173. The van der Waals surface area contributed by atoms with Crippen LogP contribution in [0.1, 0.15) is 5.56 Å². The Labute approximate surface area is 105 Å². The summed E-state index contributed by atoms with van der Waals surface area (Å²) in [5.74, 6) is 2.21. The molecule has 2 N–H and O–H groups in total. The fourth-order valence-corrected chi connectivity index (χ4v) is 1.79. The Kier molecular flexibility index (Phi) is 2.68. The number of benzene rings is 2. The van der Waals surface area contributed by atoms with E-state index in [4.69, 9.17) is 19.9 Å². The van der Waals surface area contributed by atoms with Gasteiger partial charge in [0.1, 0.15) is 12.4 Å². The van der Waals surface area contributed by atoms with E-state index in [0.29, 0.717) is 12.4 Å². The number of nitrogens with two attached hydrogens (primary N) is 1. The Morgan fingerprint density at radius 1 is 1.06 bits per heavy atom. The van der Waals surface area contributed by atoms with Crippen LogP contribution in [0.15, 0.2) is 42.5 Å². The summed E-state index contributed by atoms with van der Waals surface area (Å²) in [7, 11) is 0. The van der Waals surface area contributed by atoms with E-state index in [0.717, 1.165) is 22.7 Å². The van der Waals surface area contributed by atoms with Crippen LogP contribution in [0.5, 0.6) is 17.2 Å². The van der Waals surface area contributed by atoms with Crippen molar-refractivity contribution in [3.05, 3.63) is 48.0 Å². The van der Waals surface area contributed by atoms with Gasteiger partial charge in [0.25, 0.3) is 0 Å². The highest BCUT2D eigenvalue weighted by molar-refractivity contribution is 5.48. The molecule has 92 valence electrons. The first-order valence-electron chi connectivity index (χ1n) is 5.69. The average Bonchev–Trinajstić information content (AvgIpc) is 2.85. The SMILES string of the molecule is Nc1ccccc1COc1ccc2c(c1)OCO2. The van der Waals surface area contributed by atoms with Gasteiger partial charge in [-0.05, 0) is 18.2 Å². The third-order valence-corrected chi connectivity index (χ3v) is 2.79. The maximum atomic E-state index is 5.85. The highest BCUT2D eigenvalue weighted by atomic mass is 16.7. The van der Waals surface area contributed by atoms with Gasteiger partial charge in [0.2, 0.25) is 6.79 Å². The third kappa shape index (κ3) is 2.05. The van der Waals surface area contributed by atoms with Gasteiger partial charge in [0.05, 0.1) is 0 Å². The van der Waals surface area contributed by atoms with E-state index in [2.05, 4.69) is 0 Å². The van der Waals surface area contributed by atoms with E-state index in [1.807, 2.05) is 42.5 Å². The first kappa shape index (κ1) is 10.8. The van der Waals surface area contributed by atoms with Crippen molar-refractivity contribution in [2.45, 2.75) is 6.61 Å². The van der Waals surface area contributed by atoms with Gasteiger partial charge in [-0.1, -0.05) is 18.2 Å². The zero-order valence-corrected chi connectivity index (χ0v) is 9.76. The second kappa shape index (κ2) is 4.49. The zero-order chi connectivity index (χ0) is 12.4. The lowest BCUT2D eigenvalue weighted by Crippen LogP contribution is -1.99. The molecular formula is C14H13NO3. The van der Waals surface area contributed by atoms with Crippen molar-refractivity contribution < 1.29 is 14.2 Å². The molecule has 0 fully saturated rings. The van der Waals surface area contributed by atoms with Gasteiger partial charge >= 0.3 is 0 Å². The van der Waals surface area contributed by atoms with Gasteiger partial charge in [-0.25, -0.2) is 0 Å². The molecular weight excluding hydrogens is 230 g/mol. The van der Waals surface area contributed by atoms with Crippen LogP contribution in [-0.4, -0.2) is 6.79 Å². The molecule has 0 amide bonds. The number of hydrogen-bond acceptors (Lipinski definition) is 4. The highest BCUT2D eigenvalue weighted by Crippen LogP contribution is 2.35. The number of anilines is 1. The van der Waals surface area contributed by atoms with Crippen LogP contribution >= 0.6 is 0 Å². The van der Waals surface area contributed by atoms with E-state index in [-0.39, 0.29) is 6.79 Å². The van der Waals surface area contributed by atoms with E-state index in [1.54, 1.807) is 0 Å². The van der Waals surface area contributed by atoms with E-state index >= 15 is 0 Å². The minimum absolute atomic E-state index is 0.268. The first-order chi connectivity index (χ1) is 8.83. The predicted molar refractivity (Wildman–Crippen MR) is 67.8 cm³/mol. The zero-order valence-electron chi connectivity index (χ0n) is 9.76. The number of para-hydroxylation sites is 1. The summed E-state index contributed by atoms with van der Waals surface area (Å²) in [5.41, 5.74) is 7.55. The van der Waals surface area contributed by atoms with Gasteiger partial charge in [-0.15, -0.1) is 0 Å². The molecule has 4 nitrogen and oxygen atoms in total. The second-order valence-corrected chi connectivity index (χ2v) is 4.00. The molecule has 0 saturated carbocycles. The van der Waals surface area contributed by atoms with Crippen molar-refractivity contribution in [1.29, 1.82) is 0 Å². The average molecular weight is 243 g/mol. The molecule has 0 bridgehead atoms. The molecule has 2 aromatic carbocycles. The van der Waals surface area contributed by atoms with Crippen molar-refractivity contribution in [3.63, 3.8) is 0 Å². The topological polar surface area (TPSA) is 53.7 Å². The minimum Gasteiger partial charge on any atom is -0.489 e. The van der Waals surface area contributed by atoms with Crippen molar-refractivity contribution in [1.82, 2.24) is 0 Å². The van der Waals surface area contributed by atoms with Gasteiger partial charge in [0.15, 0.2) is 11.5 Å². The van der Waals surface area contributed by atoms with Crippen LogP contribution in [-0.2, 0) is 6.61 Å². The van der Waals surface area contributed by atoms with Crippen molar-refractivity contribution in [2.75, 3.05) is 12.5 Å². The van der Waals surface area contributed by atoms with Gasteiger partial charge in [-0.3, -0.25) is 0 Å². The fraction of sp³-hybridized carbons (Fsp3) is 0.143. The summed E-state index contributed by atoms with van der Waals surface area (Å²) in [5, 5.41) is 0. The molecule has 0 aromatic heterocycles. The number of nitrogen functional groups attached to an aromatic ring is 1. The Bertz CT molecular complexity index is 569. The smallest absolute Gasteiger partial charge is 0.231 e. The molecule has 4 heteroatoms. The first-order valence-corrected chi connectivity index (χ1v) is 5.69. The molecule has 2 aromatic rings.